The van der Waals surface area contributed by atoms with Crippen LogP contribution in [-0.4, -0.2) is 17.0 Å². The Kier molecular flexibility index (Phi) is 3.58. The van der Waals surface area contributed by atoms with Gasteiger partial charge in [-0.3, -0.25) is 0 Å². The molecule has 0 radical (unpaired) electrons. The van der Waals surface area contributed by atoms with Crippen molar-refractivity contribution >= 4 is 29.0 Å². The van der Waals surface area contributed by atoms with Crippen LogP contribution in [0.3, 0.4) is 0 Å². The molecule has 4 aliphatic carbocycles. The monoisotopic (exact) mass is 331 g/mol. The predicted molar refractivity (Wildman–Crippen MR) is 99.3 cm³/mol. The molecular formula is C19H25NS2. The number of hydrogen-bond acceptors (Lipinski definition) is 2. The van der Waals surface area contributed by atoms with E-state index >= 15 is 0 Å². The van der Waals surface area contributed by atoms with E-state index in [1.165, 1.54) is 37.9 Å². The maximum atomic E-state index is 6.14. The number of hydrogen-bond donors (Lipinski definition) is 1. The van der Waals surface area contributed by atoms with E-state index in [2.05, 4.69) is 36.6 Å². The summed E-state index contributed by atoms with van der Waals surface area (Å²) in [7, 11) is 0. The van der Waals surface area contributed by atoms with Crippen LogP contribution in [-0.2, 0) is 5.41 Å². The quantitative estimate of drug-likeness (QED) is 0.828. The number of nitrogens with two attached hydrogens (primary N) is 1. The van der Waals surface area contributed by atoms with Crippen LogP contribution < -0.4 is 5.73 Å². The van der Waals surface area contributed by atoms with Gasteiger partial charge in [-0.05, 0) is 72.3 Å². The van der Waals surface area contributed by atoms with Gasteiger partial charge in [0.1, 0.15) is 0 Å². The van der Waals surface area contributed by atoms with Gasteiger partial charge in [0.15, 0.2) is 0 Å². The van der Waals surface area contributed by atoms with E-state index < -0.39 is 0 Å². The topological polar surface area (TPSA) is 26.0 Å². The fraction of sp³-hybridized carbons (Fsp3) is 0.632. The van der Waals surface area contributed by atoms with Crippen molar-refractivity contribution in [3.63, 3.8) is 0 Å². The van der Waals surface area contributed by atoms with Crippen molar-refractivity contribution in [1.29, 1.82) is 0 Å². The second-order valence-electron chi connectivity index (χ2n) is 8.02. The van der Waals surface area contributed by atoms with Gasteiger partial charge in [0.2, 0.25) is 0 Å². The zero-order valence-corrected chi connectivity index (χ0v) is 14.9. The molecule has 2 atom stereocenters. The largest absolute Gasteiger partial charge is 0.393 e. The highest BCUT2D eigenvalue weighted by Crippen LogP contribution is 2.67. The maximum Gasteiger partial charge on any atom is 0.0764 e. The molecule has 0 heterocycles. The van der Waals surface area contributed by atoms with Crippen molar-refractivity contribution in [3.05, 3.63) is 35.9 Å². The first-order valence-corrected chi connectivity index (χ1v) is 10.2. The molecular weight excluding hydrogens is 306 g/mol. The summed E-state index contributed by atoms with van der Waals surface area (Å²) in [5.41, 5.74) is 8.63. The molecule has 22 heavy (non-hydrogen) atoms. The minimum atomic E-state index is 0.393. The lowest BCUT2D eigenvalue weighted by Crippen LogP contribution is -2.60. The Morgan fingerprint density at radius 3 is 2.36 bits per heavy atom. The number of benzene rings is 1. The second-order valence-corrected chi connectivity index (χ2v) is 9.36. The number of rotatable bonds is 4. The molecule has 2 unspecified atom stereocenters. The molecule has 4 saturated carbocycles. The Morgan fingerprint density at radius 1 is 1.18 bits per heavy atom. The van der Waals surface area contributed by atoms with Crippen LogP contribution in [0, 0.1) is 23.2 Å². The van der Waals surface area contributed by atoms with Crippen molar-refractivity contribution in [2.24, 2.45) is 28.9 Å². The lowest BCUT2D eigenvalue weighted by atomic mass is 9.40. The molecule has 4 fully saturated rings. The molecule has 1 aromatic rings. The highest BCUT2D eigenvalue weighted by atomic mass is 32.2. The van der Waals surface area contributed by atoms with Crippen molar-refractivity contribution in [2.45, 2.75) is 37.5 Å². The van der Waals surface area contributed by atoms with Gasteiger partial charge in [0.05, 0.1) is 4.99 Å². The highest BCUT2D eigenvalue weighted by Gasteiger charge is 2.61. The van der Waals surface area contributed by atoms with Gasteiger partial charge in [0.25, 0.3) is 0 Å². The van der Waals surface area contributed by atoms with E-state index in [9.17, 15) is 0 Å². The molecule has 1 nitrogen and oxygen atoms in total. The van der Waals surface area contributed by atoms with Gasteiger partial charge in [-0.25, -0.2) is 0 Å². The Labute approximate surface area is 143 Å². The fourth-order valence-electron chi connectivity index (χ4n) is 6.40. The van der Waals surface area contributed by atoms with E-state index in [-0.39, 0.29) is 0 Å². The highest BCUT2D eigenvalue weighted by molar-refractivity contribution is 7.98. The van der Waals surface area contributed by atoms with Crippen LogP contribution >= 0.6 is 24.0 Å². The first kappa shape index (κ1) is 15.0. The lowest BCUT2D eigenvalue weighted by molar-refractivity contribution is -0.0796. The summed E-state index contributed by atoms with van der Waals surface area (Å²) in [6, 6.07) is 11.3. The van der Waals surface area contributed by atoms with Gasteiger partial charge in [-0.1, -0.05) is 42.5 Å². The zero-order chi connectivity index (χ0) is 15.4. The molecule has 0 amide bonds. The smallest absolute Gasteiger partial charge is 0.0764 e. The molecule has 1 aromatic carbocycles. The van der Waals surface area contributed by atoms with Crippen molar-refractivity contribution in [1.82, 2.24) is 0 Å². The average Bonchev–Trinajstić information content (AvgIpc) is 2.46. The van der Waals surface area contributed by atoms with Crippen LogP contribution in [0.2, 0.25) is 0 Å². The van der Waals surface area contributed by atoms with E-state index in [1.807, 2.05) is 11.8 Å². The molecule has 4 aliphatic rings. The summed E-state index contributed by atoms with van der Waals surface area (Å²) in [5.74, 6) is 3.23. The maximum absolute atomic E-state index is 6.14. The molecule has 0 spiro atoms. The van der Waals surface area contributed by atoms with Crippen LogP contribution in [0.1, 0.15) is 37.7 Å². The first-order chi connectivity index (χ1) is 10.6. The van der Waals surface area contributed by atoms with Gasteiger partial charge < -0.3 is 5.73 Å². The van der Waals surface area contributed by atoms with Crippen molar-refractivity contribution < 1.29 is 0 Å². The molecule has 118 valence electrons. The van der Waals surface area contributed by atoms with Gasteiger partial charge >= 0.3 is 0 Å². The van der Waals surface area contributed by atoms with E-state index in [1.54, 1.807) is 5.56 Å². The zero-order valence-electron chi connectivity index (χ0n) is 13.3. The third-order valence-corrected chi connectivity index (χ3v) is 7.76. The van der Waals surface area contributed by atoms with Crippen LogP contribution in [0.5, 0.6) is 0 Å². The summed E-state index contributed by atoms with van der Waals surface area (Å²) >= 11 is 7.48. The van der Waals surface area contributed by atoms with Crippen LogP contribution in [0.15, 0.2) is 30.3 Å². The minimum absolute atomic E-state index is 0.393. The van der Waals surface area contributed by atoms with Crippen molar-refractivity contribution in [2.75, 3.05) is 12.0 Å². The second kappa shape index (κ2) is 5.24. The fourth-order valence-corrected chi connectivity index (χ4v) is 7.73. The molecule has 4 bridgehead atoms. The summed E-state index contributed by atoms with van der Waals surface area (Å²) in [5, 5.41) is 0. The summed E-state index contributed by atoms with van der Waals surface area (Å²) < 4.78 is 0. The lowest BCUT2D eigenvalue weighted by Gasteiger charge is -2.65. The summed E-state index contributed by atoms with van der Waals surface area (Å²) in [4.78, 5) is 0.788. The third kappa shape index (κ3) is 2.16. The first-order valence-electron chi connectivity index (χ1n) is 8.41. The summed E-state index contributed by atoms with van der Waals surface area (Å²) in [6.07, 6.45) is 8.93. The summed E-state index contributed by atoms with van der Waals surface area (Å²) in [6.45, 7) is 0. The normalized spacial score (nSPS) is 42.5. The van der Waals surface area contributed by atoms with Gasteiger partial charge in [-0.15, -0.1) is 0 Å². The van der Waals surface area contributed by atoms with E-state index in [4.69, 9.17) is 18.0 Å². The Morgan fingerprint density at radius 2 is 1.82 bits per heavy atom. The molecule has 0 aliphatic heterocycles. The van der Waals surface area contributed by atoms with Crippen LogP contribution in [0.4, 0.5) is 0 Å². The predicted octanol–water partition coefficient (Wildman–Crippen LogP) is 4.40. The Bertz CT molecular complexity index is 566. The van der Waals surface area contributed by atoms with Crippen molar-refractivity contribution in [3.8, 4) is 0 Å². The van der Waals surface area contributed by atoms with Crippen LogP contribution in [0.25, 0.3) is 0 Å². The Balaban J connectivity index is 1.76. The molecule has 0 saturated heterocycles. The molecule has 2 N–H and O–H groups in total. The SMILES string of the molecule is CSCC12CC3CC(c4ccccc4)(CC(C1)C3C(N)=S)C2. The van der Waals surface area contributed by atoms with Gasteiger partial charge in [-0.2, -0.15) is 11.8 Å². The number of thiocarbonyl (C=S) groups is 1. The van der Waals surface area contributed by atoms with E-state index in [0.29, 0.717) is 28.6 Å². The molecule has 0 aromatic heterocycles. The van der Waals surface area contributed by atoms with E-state index in [0.717, 1.165) is 4.99 Å². The van der Waals surface area contributed by atoms with Gasteiger partial charge in [0, 0.05) is 5.92 Å². The molecule has 5 rings (SSSR count). The third-order valence-electron chi connectivity index (χ3n) is 6.59. The molecule has 3 heteroatoms. The average molecular weight is 332 g/mol. The minimum Gasteiger partial charge on any atom is -0.393 e. The number of thioether (sulfide) groups is 1. The Hall–Kier alpha value is -0.540. The standard InChI is InChI=1S/C19H25NS2/c1-22-12-18-7-13-9-19(11-18,15-5-3-2-4-6-15)10-14(8-18)16(13)17(20)21/h2-6,13-14,16H,7-12H2,1H3,(H2,20,21).